The lowest BCUT2D eigenvalue weighted by Crippen LogP contribution is -2.43. The van der Waals surface area contributed by atoms with Gasteiger partial charge in [-0.05, 0) is 25.8 Å². The van der Waals surface area contributed by atoms with Crippen LogP contribution in [0.1, 0.15) is 38.8 Å². The average Bonchev–Trinajstić information content (AvgIpc) is 2.36. The van der Waals surface area contributed by atoms with E-state index >= 15 is 0 Å². The van der Waals surface area contributed by atoms with Crippen molar-refractivity contribution in [3.8, 4) is 0 Å². The van der Waals surface area contributed by atoms with Crippen molar-refractivity contribution in [2.75, 3.05) is 0 Å². The molecule has 1 amide bonds. The van der Waals surface area contributed by atoms with Crippen LogP contribution in [0.25, 0.3) is 0 Å². The molecule has 0 aliphatic carbocycles. The van der Waals surface area contributed by atoms with Crippen LogP contribution in [-0.4, -0.2) is 17.0 Å². The first kappa shape index (κ1) is 14.2. The van der Waals surface area contributed by atoms with E-state index in [2.05, 4.69) is 5.32 Å². The molecule has 4 heteroatoms. The number of amides is 1. The second kappa shape index (κ2) is 5.67. The molecule has 98 valence electrons. The van der Waals surface area contributed by atoms with Gasteiger partial charge in [0.05, 0.1) is 6.04 Å². The number of rotatable bonds is 5. The van der Waals surface area contributed by atoms with E-state index in [1.165, 1.54) is 13.8 Å². The van der Waals surface area contributed by atoms with Gasteiger partial charge in [-0.1, -0.05) is 37.3 Å². The van der Waals surface area contributed by atoms with Crippen LogP contribution >= 0.6 is 0 Å². The van der Waals surface area contributed by atoms with Gasteiger partial charge in [-0.15, -0.1) is 0 Å². The molecule has 1 atom stereocenters. The minimum atomic E-state index is -1.41. The van der Waals surface area contributed by atoms with E-state index in [1.807, 2.05) is 37.3 Å². The zero-order valence-corrected chi connectivity index (χ0v) is 10.9. The summed E-state index contributed by atoms with van der Waals surface area (Å²) in [5.74, 6) is -1.59. The van der Waals surface area contributed by atoms with Gasteiger partial charge < -0.3 is 10.4 Å². The highest BCUT2D eigenvalue weighted by Gasteiger charge is 2.36. The van der Waals surface area contributed by atoms with Crippen LogP contribution in [0.3, 0.4) is 0 Å². The highest BCUT2D eigenvalue weighted by atomic mass is 16.4. The third-order valence-electron chi connectivity index (χ3n) is 3.02. The van der Waals surface area contributed by atoms with E-state index in [0.717, 1.165) is 5.56 Å². The van der Waals surface area contributed by atoms with Gasteiger partial charge in [0.25, 0.3) is 0 Å². The van der Waals surface area contributed by atoms with Gasteiger partial charge in [0.1, 0.15) is 5.41 Å². The Balaban J connectivity index is 2.82. The first-order chi connectivity index (χ1) is 8.39. The van der Waals surface area contributed by atoms with Crippen LogP contribution in [0.4, 0.5) is 0 Å². The Kier molecular flexibility index (Phi) is 4.48. The zero-order valence-electron chi connectivity index (χ0n) is 10.9. The number of hydrogen-bond donors (Lipinski definition) is 2. The van der Waals surface area contributed by atoms with E-state index in [-0.39, 0.29) is 6.04 Å². The number of carboxylic acids is 1. The van der Waals surface area contributed by atoms with Crippen molar-refractivity contribution in [2.45, 2.75) is 33.2 Å². The molecule has 1 aromatic carbocycles. The van der Waals surface area contributed by atoms with E-state index in [0.29, 0.717) is 6.42 Å². The Morgan fingerprint density at radius 1 is 1.28 bits per heavy atom. The number of hydrogen-bond acceptors (Lipinski definition) is 2. The Hall–Kier alpha value is -1.84. The molecule has 0 aliphatic heterocycles. The highest BCUT2D eigenvalue weighted by Crippen LogP contribution is 2.21. The van der Waals surface area contributed by atoms with Gasteiger partial charge in [-0.25, -0.2) is 0 Å². The van der Waals surface area contributed by atoms with Gasteiger partial charge in [-0.3, -0.25) is 9.59 Å². The first-order valence-electron chi connectivity index (χ1n) is 5.99. The molecule has 0 fully saturated rings. The molecule has 0 spiro atoms. The fourth-order valence-electron chi connectivity index (χ4n) is 1.54. The minimum absolute atomic E-state index is 0.155. The number of aliphatic carboxylic acids is 1. The second-order valence-corrected chi connectivity index (χ2v) is 4.78. The van der Waals surface area contributed by atoms with Crippen molar-refractivity contribution < 1.29 is 14.7 Å². The second-order valence-electron chi connectivity index (χ2n) is 4.78. The van der Waals surface area contributed by atoms with Crippen LogP contribution in [0, 0.1) is 5.41 Å². The summed E-state index contributed by atoms with van der Waals surface area (Å²) in [6, 6.07) is 9.38. The largest absolute Gasteiger partial charge is 0.480 e. The summed E-state index contributed by atoms with van der Waals surface area (Å²) in [4.78, 5) is 23.0. The topological polar surface area (TPSA) is 66.4 Å². The maximum atomic E-state index is 12.0. The summed E-state index contributed by atoms with van der Waals surface area (Å²) >= 11 is 0. The molecular weight excluding hydrogens is 230 g/mol. The fraction of sp³-hybridized carbons (Fsp3) is 0.429. The predicted molar refractivity (Wildman–Crippen MR) is 69.0 cm³/mol. The van der Waals surface area contributed by atoms with Crippen LogP contribution in [0.5, 0.6) is 0 Å². The molecule has 0 bridgehead atoms. The van der Waals surface area contributed by atoms with E-state index in [1.54, 1.807) is 0 Å². The van der Waals surface area contributed by atoms with Gasteiger partial charge >= 0.3 is 5.97 Å². The third-order valence-corrected chi connectivity index (χ3v) is 3.02. The summed E-state index contributed by atoms with van der Waals surface area (Å²) < 4.78 is 0. The molecule has 0 heterocycles. The number of carbonyl (C=O) groups is 2. The SMILES string of the molecule is CC[C@H](NC(=O)C(C)(C)C(=O)O)c1ccccc1. The van der Waals surface area contributed by atoms with E-state index < -0.39 is 17.3 Å². The average molecular weight is 249 g/mol. The molecule has 2 N–H and O–H groups in total. The quantitative estimate of drug-likeness (QED) is 0.787. The lowest BCUT2D eigenvalue weighted by molar-refractivity contribution is -0.153. The maximum Gasteiger partial charge on any atom is 0.318 e. The molecule has 0 unspecified atom stereocenters. The van der Waals surface area contributed by atoms with Crippen molar-refractivity contribution in [1.82, 2.24) is 5.32 Å². The highest BCUT2D eigenvalue weighted by molar-refractivity contribution is 6.01. The number of nitrogens with one attached hydrogen (secondary N) is 1. The fourth-order valence-corrected chi connectivity index (χ4v) is 1.54. The maximum absolute atomic E-state index is 12.0. The van der Waals surface area contributed by atoms with Crippen molar-refractivity contribution in [3.05, 3.63) is 35.9 Å². The molecule has 1 aromatic rings. The normalized spacial score (nSPS) is 12.8. The van der Waals surface area contributed by atoms with E-state index in [9.17, 15) is 9.59 Å². The Labute approximate surface area is 107 Å². The van der Waals surface area contributed by atoms with Crippen molar-refractivity contribution in [3.63, 3.8) is 0 Å². The molecule has 1 rings (SSSR count). The van der Waals surface area contributed by atoms with Crippen molar-refractivity contribution >= 4 is 11.9 Å². The molecule has 0 aromatic heterocycles. The Bertz CT molecular complexity index is 426. The monoisotopic (exact) mass is 249 g/mol. The minimum Gasteiger partial charge on any atom is -0.480 e. The Morgan fingerprint density at radius 2 is 1.83 bits per heavy atom. The Morgan fingerprint density at radius 3 is 2.28 bits per heavy atom. The van der Waals surface area contributed by atoms with Crippen LogP contribution in [-0.2, 0) is 9.59 Å². The first-order valence-corrected chi connectivity index (χ1v) is 5.99. The summed E-state index contributed by atoms with van der Waals surface area (Å²) in [6.45, 7) is 4.76. The molecule has 0 radical (unpaired) electrons. The van der Waals surface area contributed by atoms with Gasteiger partial charge in [0, 0.05) is 0 Å². The lowest BCUT2D eigenvalue weighted by Gasteiger charge is -2.24. The van der Waals surface area contributed by atoms with Crippen molar-refractivity contribution in [1.29, 1.82) is 0 Å². The summed E-state index contributed by atoms with van der Waals surface area (Å²) in [6.07, 6.45) is 0.714. The van der Waals surface area contributed by atoms with Gasteiger partial charge in [0.15, 0.2) is 0 Å². The predicted octanol–water partition coefficient (Wildman–Crippen LogP) is 2.36. The smallest absolute Gasteiger partial charge is 0.318 e. The van der Waals surface area contributed by atoms with Gasteiger partial charge in [0.2, 0.25) is 5.91 Å². The zero-order chi connectivity index (χ0) is 13.8. The number of carboxylic acid groups (broad SMARTS) is 1. The number of benzene rings is 1. The third kappa shape index (κ3) is 3.09. The molecule has 0 saturated carbocycles. The summed E-state index contributed by atoms with van der Waals surface area (Å²) in [5, 5.41) is 11.8. The van der Waals surface area contributed by atoms with Crippen LogP contribution in [0.2, 0.25) is 0 Å². The van der Waals surface area contributed by atoms with Crippen LogP contribution in [0.15, 0.2) is 30.3 Å². The van der Waals surface area contributed by atoms with Gasteiger partial charge in [-0.2, -0.15) is 0 Å². The van der Waals surface area contributed by atoms with E-state index in [4.69, 9.17) is 5.11 Å². The number of carbonyl (C=O) groups excluding carboxylic acids is 1. The van der Waals surface area contributed by atoms with Crippen molar-refractivity contribution in [2.24, 2.45) is 5.41 Å². The summed E-state index contributed by atoms with van der Waals surface area (Å²) in [5.41, 5.74) is -0.433. The standard InChI is InChI=1S/C14H19NO3/c1-4-11(10-8-6-5-7-9-10)15-12(16)14(2,3)13(17)18/h5-9,11H,4H2,1-3H3,(H,15,16)(H,17,18)/t11-/m0/s1. The molecule has 0 aliphatic rings. The molecular formula is C14H19NO3. The summed E-state index contributed by atoms with van der Waals surface area (Å²) in [7, 11) is 0. The molecule has 0 saturated heterocycles. The van der Waals surface area contributed by atoms with Crippen LogP contribution < -0.4 is 5.32 Å². The molecule has 18 heavy (non-hydrogen) atoms. The molecule has 4 nitrogen and oxygen atoms in total. The lowest BCUT2D eigenvalue weighted by atomic mass is 9.91.